The summed E-state index contributed by atoms with van der Waals surface area (Å²) in [5, 5.41) is 7.70. The van der Waals surface area contributed by atoms with Crippen LogP contribution < -0.4 is 15.4 Å². The number of anilines is 1. The fraction of sp³-hybridized carbons (Fsp3) is 0.217. The van der Waals surface area contributed by atoms with Crippen molar-refractivity contribution in [3.05, 3.63) is 88.2 Å². The Morgan fingerprint density at radius 3 is 2.61 bits per heavy atom. The van der Waals surface area contributed by atoms with Gasteiger partial charge in [-0.25, -0.2) is 4.39 Å². The lowest BCUT2D eigenvalue weighted by atomic mass is 10.0. The molecule has 0 saturated heterocycles. The molecule has 144 valence electrons. The van der Waals surface area contributed by atoms with Crippen LogP contribution in [0.3, 0.4) is 0 Å². The molecule has 0 spiro atoms. The van der Waals surface area contributed by atoms with E-state index in [4.69, 9.17) is 16.3 Å². The third-order valence-corrected chi connectivity index (χ3v) is 5.22. The van der Waals surface area contributed by atoms with Crippen molar-refractivity contribution in [3.63, 3.8) is 0 Å². The van der Waals surface area contributed by atoms with Crippen LogP contribution in [0.1, 0.15) is 16.7 Å². The van der Waals surface area contributed by atoms with Gasteiger partial charge in [0.2, 0.25) is 0 Å². The zero-order chi connectivity index (χ0) is 19.3. The Morgan fingerprint density at radius 1 is 0.964 bits per heavy atom. The van der Waals surface area contributed by atoms with Crippen molar-refractivity contribution < 1.29 is 9.13 Å². The number of rotatable bonds is 5. The smallest absolute Gasteiger partial charge is 0.130 e. The first-order valence-electron chi connectivity index (χ1n) is 9.46. The lowest BCUT2D eigenvalue weighted by Crippen LogP contribution is -2.16. The Kier molecular flexibility index (Phi) is 5.79. The van der Waals surface area contributed by atoms with E-state index in [1.165, 1.54) is 23.3 Å². The van der Waals surface area contributed by atoms with Crippen molar-refractivity contribution in [1.82, 2.24) is 5.32 Å². The topological polar surface area (TPSA) is 33.3 Å². The molecule has 28 heavy (non-hydrogen) atoms. The van der Waals surface area contributed by atoms with E-state index in [0.29, 0.717) is 18.0 Å². The Morgan fingerprint density at radius 2 is 1.79 bits per heavy atom. The predicted molar refractivity (Wildman–Crippen MR) is 112 cm³/mol. The van der Waals surface area contributed by atoms with Gasteiger partial charge in [-0.05, 0) is 73.0 Å². The minimum absolute atomic E-state index is 0.313. The largest absolute Gasteiger partial charge is 0.457 e. The van der Waals surface area contributed by atoms with Gasteiger partial charge >= 0.3 is 0 Å². The number of fused-ring (bicyclic) bond motifs is 1. The average molecular weight is 397 g/mol. The lowest BCUT2D eigenvalue weighted by Gasteiger charge is -2.16. The van der Waals surface area contributed by atoms with Crippen molar-refractivity contribution in [2.45, 2.75) is 19.4 Å². The second-order valence-electron chi connectivity index (χ2n) is 6.87. The van der Waals surface area contributed by atoms with E-state index < -0.39 is 0 Å². The molecular weight excluding hydrogens is 375 g/mol. The van der Waals surface area contributed by atoms with Crippen LogP contribution in [0, 0.1) is 5.82 Å². The molecule has 0 aromatic heterocycles. The summed E-state index contributed by atoms with van der Waals surface area (Å²) in [6, 6.07) is 18.0. The molecule has 0 aliphatic carbocycles. The average Bonchev–Trinajstić information content (AvgIpc) is 2.94. The molecule has 0 atom stereocenters. The Labute approximate surface area is 169 Å². The van der Waals surface area contributed by atoms with Gasteiger partial charge in [-0.15, -0.1) is 0 Å². The number of halogens is 2. The number of hydrogen-bond donors (Lipinski definition) is 2. The standard InChI is InChI=1S/C23H22ClFN2O/c24-22-9-6-17-10-12-26-13-11-21(17)23(22)27-15-16-4-7-19(8-5-16)28-20-3-1-2-18(25)14-20/h1-9,14,26-27H,10-13,15H2. The lowest BCUT2D eigenvalue weighted by molar-refractivity contribution is 0.476. The van der Waals surface area contributed by atoms with Gasteiger partial charge in [-0.1, -0.05) is 35.9 Å². The summed E-state index contributed by atoms with van der Waals surface area (Å²) in [6.07, 6.45) is 1.99. The highest BCUT2D eigenvalue weighted by Crippen LogP contribution is 2.31. The number of ether oxygens (including phenoxy) is 1. The molecule has 1 heterocycles. The monoisotopic (exact) mass is 396 g/mol. The van der Waals surface area contributed by atoms with Crippen LogP contribution in [0.25, 0.3) is 0 Å². The number of benzene rings is 3. The molecule has 2 N–H and O–H groups in total. The van der Waals surface area contributed by atoms with E-state index in [9.17, 15) is 4.39 Å². The number of nitrogens with one attached hydrogen (secondary N) is 2. The molecule has 1 aliphatic heterocycles. The Hall–Kier alpha value is -2.56. The quantitative estimate of drug-likeness (QED) is 0.591. The van der Waals surface area contributed by atoms with Gasteiger partial charge in [-0.3, -0.25) is 0 Å². The maximum absolute atomic E-state index is 13.3. The zero-order valence-corrected chi connectivity index (χ0v) is 16.2. The van der Waals surface area contributed by atoms with E-state index in [2.05, 4.69) is 16.7 Å². The van der Waals surface area contributed by atoms with Crippen LogP contribution in [0.2, 0.25) is 5.02 Å². The molecule has 0 amide bonds. The molecular formula is C23H22ClFN2O. The molecule has 0 fully saturated rings. The van der Waals surface area contributed by atoms with Crippen molar-refractivity contribution in [1.29, 1.82) is 0 Å². The van der Waals surface area contributed by atoms with Gasteiger partial charge in [0.15, 0.2) is 0 Å². The molecule has 3 aromatic carbocycles. The van der Waals surface area contributed by atoms with Crippen molar-refractivity contribution in [2.75, 3.05) is 18.4 Å². The molecule has 0 unspecified atom stereocenters. The second-order valence-corrected chi connectivity index (χ2v) is 7.27. The van der Waals surface area contributed by atoms with E-state index in [-0.39, 0.29) is 5.82 Å². The maximum atomic E-state index is 13.3. The summed E-state index contributed by atoms with van der Waals surface area (Å²) in [5.74, 6) is 0.845. The highest BCUT2D eigenvalue weighted by atomic mass is 35.5. The molecule has 5 heteroatoms. The van der Waals surface area contributed by atoms with E-state index in [1.54, 1.807) is 12.1 Å². The maximum Gasteiger partial charge on any atom is 0.130 e. The normalized spacial score (nSPS) is 13.5. The fourth-order valence-corrected chi connectivity index (χ4v) is 3.71. The molecule has 4 rings (SSSR count). The van der Waals surface area contributed by atoms with Gasteiger partial charge < -0.3 is 15.4 Å². The molecule has 3 nitrogen and oxygen atoms in total. The van der Waals surface area contributed by atoms with Crippen molar-refractivity contribution >= 4 is 17.3 Å². The molecule has 0 bridgehead atoms. The van der Waals surface area contributed by atoms with Crippen LogP contribution in [0.4, 0.5) is 10.1 Å². The van der Waals surface area contributed by atoms with Gasteiger partial charge in [0.25, 0.3) is 0 Å². The summed E-state index contributed by atoms with van der Waals surface area (Å²) >= 11 is 6.48. The Bertz CT molecular complexity index is 959. The van der Waals surface area contributed by atoms with Gasteiger partial charge in [0.05, 0.1) is 10.7 Å². The second kappa shape index (κ2) is 8.63. The molecule has 0 radical (unpaired) electrons. The first-order valence-corrected chi connectivity index (χ1v) is 9.84. The first-order chi connectivity index (χ1) is 13.7. The highest BCUT2D eigenvalue weighted by molar-refractivity contribution is 6.33. The summed E-state index contributed by atoms with van der Waals surface area (Å²) < 4.78 is 19.0. The van der Waals surface area contributed by atoms with Crippen molar-refractivity contribution in [3.8, 4) is 11.5 Å². The van der Waals surface area contributed by atoms with Gasteiger partial charge in [-0.2, -0.15) is 0 Å². The van der Waals surface area contributed by atoms with E-state index in [1.807, 2.05) is 30.3 Å². The SMILES string of the molecule is Fc1cccc(Oc2ccc(CNc3c(Cl)ccc4c3CCNCC4)cc2)c1. The minimum atomic E-state index is -0.313. The fourth-order valence-electron chi connectivity index (χ4n) is 3.47. The Balaban J connectivity index is 1.44. The zero-order valence-electron chi connectivity index (χ0n) is 15.5. The van der Waals surface area contributed by atoms with Crippen LogP contribution in [0.5, 0.6) is 11.5 Å². The summed E-state index contributed by atoms with van der Waals surface area (Å²) in [7, 11) is 0. The molecule has 0 saturated carbocycles. The number of hydrogen-bond acceptors (Lipinski definition) is 3. The third kappa shape index (κ3) is 4.46. The predicted octanol–water partition coefficient (Wildman–Crippen LogP) is 5.57. The van der Waals surface area contributed by atoms with Crippen LogP contribution in [0.15, 0.2) is 60.7 Å². The summed E-state index contributed by atoms with van der Waals surface area (Å²) in [6.45, 7) is 2.64. The summed E-state index contributed by atoms with van der Waals surface area (Å²) in [5.41, 5.74) is 4.81. The highest BCUT2D eigenvalue weighted by Gasteiger charge is 2.14. The third-order valence-electron chi connectivity index (χ3n) is 4.91. The van der Waals surface area contributed by atoms with Crippen LogP contribution >= 0.6 is 11.6 Å². The first kappa shape index (κ1) is 18.8. The van der Waals surface area contributed by atoms with Crippen LogP contribution in [-0.4, -0.2) is 13.1 Å². The van der Waals surface area contributed by atoms with Gasteiger partial charge in [0, 0.05) is 12.6 Å². The molecule has 3 aromatic rings. The minimum Gasteiger partial charge on any atom is -0.457 e. The van der Waals surface area contributed by atoms with E-state index in [0.717, 1.165) is 42.2 Å². The summed E-state index contributed by atoms with van der Waals surface area (Å²) in [4.78, 5) is 0. The van der Waals surface area contributed by atoms with Crippen LogP contribution in [-0.2, 0) is 19.4 Å². The molecule has 1 aliphatic rings. The van der Waals surface area contributed by atoms with E-state index >= 15 is 0 Å². The van der Waals surface area contributed by atoms with Crippen molar-refractivity contribution in [2.24, 2.45) is 0 Å². The van der Waals surface area contributed by atoms with Gasteiger partial charge in [0.1, 0.15) is 17.3 Å².